The van der Waals surface area contributed by atoms with E-state index in [-0.39, 0.29) is 23.1 Å². The van der Waals surface area contributed by atoms with Crippen molar-refractivity contribution in [3.63, 3.8) is 0 Å². The maximum atomic E-state index is 14.2. The van der Waals surface area contributed by atoms with Crippen molar-refractivity contribution in [1.29, 1.82) is 0 Å². The summed E-state index contributed by atoms with van der Waals surface area (Å²) in [5, 5.41) is 15.8. The number of fused-ring (bicyclic) bond motifs is 1. The predicted molar refractivity (Wildman–Crippen MR) is 82.7 cm³/mol. The number of carboxylic acids is 1. The normalized spacial score (nSPS) is 12.1. The number of nitrogens with one attached hydrogen (secondary N) is 1. The molecule has 3 aromatic heterocycles. The minimum Gasteiger partial charge on any atom is -0.481 e. The first-order valence-electron chi connectivity index (χ1n) is 7.04. The topological polar surface area (TPSA) is 102 Å². The van der Waals surface area contributed by atoms with Gasteiger partial charge in [0.05, 0.1) is 25.5 Å². The molecule has 0 aliphatic rings. The molecule has 9 heteroatoms. The number of aromatic carboxylic acids is 1. The van der Waals surface area contributed by atoms with Crippen LogP contribution in [0.5, 0.6) is 5.88 Å². The molecule has 0 saturated carbocycles. The summed E-state index contributed by atoms with van der Waals surface area (Å²) in [4.78, 5) is 19.3. The van der Waals surface area contributed by atoms with Gasteiger partial charge in [-0.1, -0.05) is 6.07 Å². The van der Waals surface area contributed by atoms with Gasteiger partial charge in [-0.2, -0.15) is 5.10 Å². The lowest BCUT2D eigenvalue weighted by Gasteiger charge is -2.17. The number of carboxylic acid groups (broad SMARTS) is 1. The summed E-state index contributed by atoms with van der Waals surface area (Å²) >= 11 is 0. The average molecular weight is 331 g/mol. The summed E-state index contributed by atoms with van der Waals surface area (Å²) in [7, 11) is 1.49. The second-order valence-electron chi connectivity index (χ2n) is 5.04. The van der Waals surface area contributed by atoms with Crippen LogP contribution in [0.25, 0.3) is 5.65 Å². The van der Waals surface area contributed by atoms with Crippen LogP contribution in [0.2, 0.25) is 0 Å². The molecule has 3 heterocycles. The van der Waals surface area contributed by atoms with Crippen LogP contribution in [-0.2, 0) is 0 Å². The van der Waals surface area contributed by atoms with Crippen molar-refractivity contribution < 1.29 is 19.0 Å². The van der Waals surface area contributed by atoms with Crippen molar-refractivity contribution in [2.45, 2.75) is 13.0 Å². The quantitative estimate of drug-likeness (QED) is 0.738. The van der Waals surface area contributed by atoms with Crippen molar-refractivity contribution in [2.75, 3.05) is 12.4 Å². The van der Waals surface area contributed by atoms with E-state index in [4.69, 9.17) is 9.84 Å². The van der Waals surface area contributed by atoms with E-state index in [1.165, 1.54) is 7.11 Å². The number of hydrogen-bond acceptors (Lipinski definition) is 6. The molecule has 1 atom stereocenters. The molecule has 3 rings (SSSR count). The van der Waals surface area contributed by atoms with Gasteiger partial charge in [0.25, 0.3) is 0 Å². The number of halogens is 1. The lowest BCUT2D eigenvalue weighted by atomic mass is 10.1. The highest BCUT2D eigenvalue weighted by molar-refractivity contribution is 5.94. The molecular formula is C15H14FN5O3. The fourth-order valence-electron chi connectivity index (χ4n) is 2.33. The minimum atomic E-state index is -1.18. The highest BCUT2D eigenvalue weighted by Crippen LogP contribution is 2.26. The van der Waals surface area contributed by atoms with Gasteiger partial charge in [0, 0.05) is 11.8 Å². The van der Waals surface area contributed by atoms with Gasteiger partial charge < -0.3 is 15.2 Å². The van der Waals surface area contributed by atoms with E-state index in [9.17, 15) is 9.18 Å². The molecule has 0 amide bonds. The van der Waals surface area contributed by atoms with Crippen LogP contribution < -0.4 is 10.1 Å². The molecule has 0 spiro atoms. The number of nitrogens with zero attached hydrogens (tertiary/aromatic N) is 4. The van der Waals surface area contributed by atoms with Gasteiger partial charge >= 0.3 is 5.97 Å². The third kappa shape index (κ3) is 2.71. The van der Waals surface area contributed by atoms with Gasteiger partial charge in [-0.3, -0.25) is 0 Å². The van der Waals surface area contributed by atoms with E-state index in [0.29, 0.717) is 11.4 Å². The number of hydrogen-bond donors (Lipinski definition) is 2. The SMILES string of the molecule is COc1ncccc1C(C)Nc1nc2c(C(=O)O)cnn2cc1F. The zero-order valence-electron chi connectivity index (χ0n) is 12.9. The van der Waals surface area contributed by atoms with Gasteiger partial charge in [0.1, 0.15) is 5.56 Å². The third-order valence-corrected chi connectivity index (χ3v) is 3.49. The summed E-state index contributed by atoms with van der Waals surface area (Å²) < 4.78 is 20.5. The minimum absolute atomic E-state index is 0.0525. The molecule has 3 aromatic rings. The molecule has 0 aliphatic carbocycles. The lowest BCUT2D eigenvalue weighted by Crippen LogP contribution is -2.12. The second-order valence-corrected chi connectivity index (χ2v) is 5.04. The van der Waals surface area contributed by atoms with Gasteiger partial charge in [0.15, 0.2) is 17.3 Å². The van der Waals surface area contributed by atoms with Crippen LogP contribution in [0, 0.1) is 5.82 Å². The van der Waals surface area contributed by atoms with Gasteiger partial charge in [-0.25, -0.2) is 23.7 Å². The molecular weight excluding hydrogens is 317 g/mol. The van der Waals surface area contributed by atoms with Crippen molar-refractivity contribution in [1.82, 2.24) is 19.6 Å². The molecule has 24 heavy (non-hydrogen) atoms. The standard InChI is InChI=1S/C15H14FN5O3/c1-8(9-4-3-5-17-14(9)24-2)19-12-11(16)7-21-13(20-12)10(6-18-21)15(22)23/h3-8H,1-2H3,(H,19,20)(H,22,23). The van der Waals surface area contributed by atoms with E-state index in [1.54, 1.807) is 25.3 Å². The molecule has 0 radical (unpaired) electrons. The molecule has 0 bridgehead atoms. The number of pyridine rings is 1. The highest BCUT2D eigenvalue weighted by atomic mass is 19.1. The third-order valence-electron chi connectivity index (χ3n) is 3.49. The Bertz CT molecular complexity index is 911. The van der Waals surface area contributed by atoms with Gasteiger partial charge in [-0.15, -0.1) is 0 Å². The maximum absolute atomic E-state index is 14.2. The van der Waals surface area contributed by atoms with Gasteiger partial charge in [-0.05, 0) is 13.0 Å². The molecule has 1 unspecified atom stereocenters. The number of carbonyl (C=O) groups is 1. The molecule has 124 valence electrons. The second kappa shape index (κ2) is 6.11. The van der Waals surface area contributed by atoms with E-state index in [1.807, 2.05) is 0 Å². The summed E-state index contributed by atoms with van der Waals surface area (Å²) in [5.41, 5.74) is 0.662. The Morgan fingerprint density at radius 3 is 3.00 bits per heavy atom. The zero-order chi connectivity index (χ0) is 17.3. The first-order chi connectivity index (χ1) is 11.5. The molecule has 2 N–H and O–H groups in total. The van der Waals surface area contributed by atoms with Crippen LogP contribution in [0.3, 0.4) is 0 Å². The Kier molecular flexibility index (Phi) is 3.98. The van der Waals surface area contributed by atoms with Crippen molar-refractivity contribution in [2.24, 2.45) is 0 Å². The van der Waals surface area contributed by atoms with Crippen molar-refractivity contribution >= 4 is 17.4 Å². The highest BCUT2D eigenvalue weighted by Gasteiger charge is 2.18. The summed E-state index contributed by atoms with van der Waals surface area (Å²) in [6.07, 6.45) is 3.79. The number of ether oxygens (including phenoxy) is 1. The molecule has 0 saturated heterocycles. The Morgan fingerprint density at radius 2 is 2.29 bits per heavy atom. The Labute approximate surface area is 135 Å². The predicted octanol–water partition coefficient (Wildman–Crippen LogP) is 2.14. The largest absolute Gasteiger partial charge is 0.481 e. The summed E-state index contributed by atoms with van der Waals surface area (Å²) in [6, 6.07) is 3.17. The van der Waals surface area contributed by atoms with Crippen LogP contribution in [-0.4, -0.2) is 37.8 Å². The molecule has 0 fully saturated rings. The fraction of sp³-hybridized carbons (Fsp3) is 0.200. The number of methoxy groups -OCH3 is 1. The number of rotatable bonds is 5. The van der Waals surface area contributed by atoms with Crippen molar-refractivity contribution in [3.05, 3.63) is 47.7 Å². The Morgan fingerprint density at radius 1 is 1.50 bits per heavy atom. The van der Waals surface area contributed by atoms with E-state index in [2.05, 4.69) is 20.4 Å². The average Bonchev–Trinajstić information content (AvgIpc) is 2.97. The Balaban J connectivity index is 1.98. The molecule has 0 aliphatic heterocycles. The van der Waals surface area contributed by atoms with E-state index >= 15 is 0 Å². The van der Waals surface area contributed by atoms with Crippen molar-refractivity contribution in [3.8, 4) is 5.88 Å². The monoisotopic (exact) mass is 331 g/mol. The van der Waals surface area contributed by atoms with Crippen LogP contribution in [0.15, 0.2) is 30.7 Å². The van der Waals surface area contributed by atoms with Crippen LogP contribution in [0.1, 0.15) is 28.9 Å². The summed E-state index contributed by atoms with van der Waals surface area (Å²) in [5.74, 6) is -1.51. The maximum Gasteiger partial charge on any atom is 0.341 e. The fourth-order valence-corrected chi connectivity index (χ4v) is 2.33. The van der Waals surface area contributed by atoms with Crippen LogP contribution >= 0.6 is 0 Å². The lowest BCUT2D eigenvalue weighted by molar-refractivity contribution is 0.0698. The molecule has 8 nitrogen and oxygen atoms in total. The smallest absolute Gasteiger partial charge is 0.341 e. The van der Waals surface area contributed by atoms with E-state index in [0.717, 1.165) is 16.9 Å². The first-order valence-corrected chi connectivity index (χ1v) is 7.04. The molecule has 0 aromatic carbocycles. The van der Waals surface area contributed by atoms with Crippen LogP contribution in [0.4, 0.5) is 10.2 Å². The summed E-state index contributed by atoms with van der Waals surface area (Å²) in [6.45, 7) is 1.79. The zero-order valence-corrected chi connectivity index (χ0v) is 12.9. The van der Waals surface area contributed by atoms with E-state index < -0.39 is 11.8 Å². The Hall–Kier alpha value is -3.23. The number of aromatic nitrogens is 4. The number of anilines is 1. The van der Waals surface area contributed by atoms with Gasteiger partial charge in [0.2, 0.25) is 5.88 Å². The first kappa shape index (κ1) is 15.7.